The first-order chi connectivity index (χ1) is 11.6. The van der Waals surface area contributed by atoms with Gasteiger partial charge in [0.1, 0.15) is 0 Å². The third-order valence-corrected chi connectivity index (χ3v) is 4.67. The smallest absolute Gasteiger partial charge is 0.234 e. The Hall–Kier alpha value is -2.25. The van der Waals surface area contributed by atoms with Crippen LogP contribution in [0.4, 0.5) is 5.69 Å². The Balaban J connectivity index is 1.62. The number of thioether (sulfide) groups is 1. The monoisotopic (exact) mass is 402 g/mol. The van der Waals surface area contributed by atoms with E-state index in [4.69, 9.17) is 5.84 Å². The summed E-state index contributed by atoms with van der Waals surface area (Å²) < 4.78 is 2.36. The van der Waals surface area contributed by atoms with E-state index in [1.165, 1.54) is 16.4 Å². The normalized spacial score (nSPS) is 10.5. The van der Waals surface area contributed by atoms with Crippen LogP contribution in [0.5, 0.6) is 0 Å². The Bertz CT molecular complexity index is 851. The summed E-state index contributed by atoms with van der Waals surface area (Å²) in [5.41, 5.74) is 2.52. The van der Waals surface area contributed by atoms with Crippen LogP contribution in [-0.2, 0) is 4.79 Å². The van der Waals surface area contributed by atoms with Gasteiger partial charge in [0.2, 0.25) is 5.91 Å². The SMILES string of the molecule is Nn1cc(-c2ccccc2)nc1SCC(=O)Nc1cccc(Br)c1. The zero-order chi connectivity index (χ0) is 16.9. The van der Waals surface area contributed by atoms with Crippen LogP contribution in [0.2, 0.25) is 0 Å². The van der Waals surface area contributed by atoms with Crippen LogP contribution in [0, 0.1) is 0 Å². The molecule has 0 bridgehead atoms. The molecule has 0 fully saturated rings. The van der Waals surface area contributed by atoms with Crippen LogP contribution >= 0.6 is 27.7 Å². The Morgan fingerprint density at radius 3 is 2.75 bits per heavy atom. The number of nitrogen functional groups attached to an aromatic ring is 1. The van der Waals surface area contributed by atoms with Crippen LogP contribution < -0.4 is 11.2 Å². The molecule has 3 N–H and O–H groups in total. The van der Waals surface area contributed by atoms with Gasteiger partial charge in [-0.25, -0.2) is 9.66 Å². The fraction of sp³-hybridized carbons (Fsp3) is 0.0588. The standard InChI is InChI=1S/C17H15BrN4OS/c18-13-7-4-8-14(9-13)20-16(23)11-24-17-21-15(10-22(17)19)12-5-2-1-3-6-12/h1-10H,11,19H2,(H,20,23). The van der Waals surface area contributed by atoms with Crippen LogP contribution in [0.25, 0.3) is 11.3 Å². The van der Waals surface area contributed by atoms with Gasteiger partial charge in [0.25, 0.3) is 0 Å². The second kappa shape index (κ2) is 7.55. The van der Waals surface area contributed by atoms with Gasteiger partial charge in [0, 0.05) is 15.7 Å². The van der Waals surface area contributed by atoms with Crippen molar-refractivity contribution in [2.24, 2.45) is 0 Å². The lowest BCUT2D eigenvalue weighted by molar-refractivity contribution is -0.113. The Labute approximate surface area is 152 Å². The number of benzene rings is 2. The lowest BCUT2D eigenvalue weighted by Crippen LogP contribution is -2.15. The van der Waals surface area contributed by atoms with Gasteiger partial charge in [-0.05, 0) is 18.2 Å². The fourth-order valence-corrected chi connectivity index (χ4v) is 3.22. The van der Waals surface area contributed by atoms with E-state index in [0.717, 1.165) is 21.4 Å². The number of anilines is 1. The molecular formula is C17H15BrN4OS. The maximum Gasteiger partial charge on any atom is 0.234 e. The van der Waals surface area contributed by atoms with Gasteiger partial charge in [-0.15, -0.1) is 0 Å². The van der Waals surface area contributed by atoms with Crippen molar-refractivity contribution in [3.05, 3.63) is 65.3 Å². The minimum atomic E-state index is -0.109. The molecule has 0 aliphatic heterocycles. The minimum absolute atomic E-state index is 0.109. The first-order valence-electron chi connectivity index (χ1n) is 7.20. The van der Waals surface area contributed by atoms with Crippen molar-refractivity contribution in [2.75, 3.05) is 16.9 Å². The molecule has 3 aromatic rings. The quantitative estimate of drug-likeness (QED) is 0.503. The van der Waals surface area contributed by atoms with Gasteiger partial charge < -0.3 is 11.2 Å². The van der Waals surface area contributed by atoms with Gasteiger partial charge in [-0.2, -0.15) is 0 Å². The lowest BCUT2D eigenvalue weighted by atomic mass is 10.2. The molecule has 24 heavy (non-hydrogen) atoms. The highest BCUT2D eigenvalue weighted by molar-refractivity contribution is 9.10. The summed E-state index contributed by atoms with van der Waals surface area (Å²) in [5, 5.41) is 3.44. The van der Waals surface area contributed by atoms with Gasteiger partial charge >= 0.3 is 0 Å². The van der Waals surface area contributed by atoms with Gasteiger partial charge in [-0.3, -0.25) is 4.79 Å². The molecule has 0 spiro atoms. The number of imidazole rings is 1. The molecule has 1 aromatic heterocycles. The number of carbonyl (C=O) groups excluding carboxylic acids is 1. The summed E-state index contributed by atoms with van der Waals surface area (Å²) in [5.74, 6) is 6.05. The maximum atomic E-state index is 12.1. The van der Waals surface area contributed by atoms with E-state index in [1.54, 1.807) is 6.20 Å². The largest absolute Gasteiger partial charge is 0.337 e. The zero-order valence-corrected chi connectivity index (χ0v) is 15.0. The number of hydrogen-bond acceptors (Lipinski definition) is 4. The molecule has 0 aliphatic rings. The van der Waals surface area contributed by atoms with Gasteiger partial charge in [0.05, 0.1) is 17.6 Å². The molecule has 3 rings (SSSR count). The fourth-order valence-electron chi connectivity index (χ4n) is 2.12. The molecule has 1 amide bonds. The van der Waals surface area contributed by atoms with Crippen LogP contribution in [0.15, 0.2) is 70.4 Å². The number of hydrogen-bond donors (Lipinski definition) is 2. The second-order valence-corrected chi connectivity index (χ2v) is 6.89. The summed E-state index contributed by atoms with van der Waals surface area (Å²) in [6.45, 7) is 0. The molecule has 5 nitrogen and oxygen atoms in total. The molecule has 0 aliphatic carbocycles. The zero-order valence-electron chi connectivity index (χ0n) is 12.6. The van der Waals surface area contributed by atoms with Crippen molar-refractivity contribution in [1.82, 2.24) is 9.66 Å². The highest BCUT2D eigenvalue weighted by Gasteiger charge is 2.11. The molecule has 2 aromatic carbocycles. The van der Waals surface area contributed by atoms with Crippen LogP contribution in [0.3, 0.4) is 0 Å². The molecule has 0 unspecified atom stereocenters. The van der Waals surface area contributed by atoms with Crippen LogP contribution in [-0.4, -0.2) is 21.3 Å². The topological polar surface area (TPSA) is 72.9 Å². The van der Waals surface area contributed by atoms with Crippen LogP contribution in [0.1, 0.15) is 0 Å². The predicted octanol–water partition coefficient (Wildman–Crippen LogP) is 3.76. The first kappa shape index (κ1) is 16.6. The lowest BCUT2D eigenvalue weighted by Gasteiger charge is -2.05. The van der Waals surface area contributed by atoms with Crippen molar-refractivity contribution in [3.8, 4) is 11.3 Å². The van der Waals surface area contributed by atoms with Gasteiger partial charge in [-0.1, -0.05) is 64.1 Å². The highest BCUT2D eigenvalue weighted by atomic mass is 79.9. The molecule has 0 saturated heterocycles. The summed E-state index contributed by atoms with van der Waals surface area (Å²) in [6.07, 6.45) is 1.75. The van der Waals surface area contributed by atoms with E-state index >= 15 is 0 Å². The number of nitrogens with one attached hydrogen (secondary N) is 1. The molecule has 0 saturated carbocycles. The third-order valence-electron chi connectivity index (χ3n) is 3.21. The molecule has 7 heteroatoms. The molecular weight excluding hydrogens is 388 g/mol. The third kappa shape index (κ3) is 4.18. The number of aromatic nitrogens is 2. The van der Waals surface area contributed by atoms with Crippen molar-refractivity contribution >= 4 is 39.3 Å². The highest BCUT2D eigenvalue weighted by Crippen LogP contribution is 2.23. The maximum absolute atomic E-state index is 12.1. The minimum Gasteiger partial charge on any atom is -0.337 e. The van der Waals surface area contributed by atoms with E-state index < -0.39 is 0 Å². The van der Waals surface area contributed by atoms with Crippen molar-refractivity contribution in [1.29, 1.82) is 0 Å². The first-order valence-corrected chi connectivity index (χ1v) is 8.98. The Morgan fingerprint density at radius 1 is 1.21 bits per heavy atom. The molecule has 122 valence electrons. The average molecular weight is 403 g/mol. The van der Waals surface area contributed by atoms with Crippen molar-refractivity contribution in [2.45, 2.75) is 5.16 Å². The number of halogens is 1. The van der Waals surface area contributed by atoms with Crippen molar-refractivity contribution in [3.63, 3.8) is 0 Å². The number of rotatable bonds is 5. The van der Waals surface area contributed by atoms with E-state index in [2.05, 4.69) is 26.2 Å². The Morgan fingerprint density at radius 2 is 2.00 bits per heavy atom. The summed E-state index contributed by atoms with van der Waals surface area (Å²) in [4.78, 5) is 16.5. The van der Waals surface area contributed by atoms with E-state index in [1.807, 2.05) is 54.6 Å². The average Bonchev–Trinajstić information content (AvgIpc) is 2.95. The number of carbonyl (C=O) groups is 1. The number of amides is 1. The molecule has 0 atom stereocenters. The Kier molecular flexibility index (Phi) is 5.22. The predicted molar refractivity (Wildman–Crippen MR) is 101 cm³/mol. The number of nitrogens with two attached hydrogens (primary N) is 1. The van der Waals surface area contributed by atoms with E-state index in [0.29, 0.717) is 5.16 Å². The van der Waals surface area contributed by atoms with Gasteiger partial charge in [0.15, 0.2) is 5.16 Å². The molecule has 1 heterocycles. The van der Waals surface area contributed by atoms with E-state index in [9.17, 15) is 4.79 Å². The summed E-state index contributed by atoms with van der Waals surface area (Å²) >= 11 is 4.67. The van der Waals surface area contributed by atoms with Crippen molar-refractivity contribution < 1.29 is 4.79 Å². The van der Waals surface area contributed by atoms with E-state index in [-0.39, 0.29) is 11.7 Å². The molecule has 0 radical (unpaired) electrons. The summed E-state index contributed by atoms with van der Waals surface area (Å²) in [7, 11) is 0. The number of nitrogens with zero attached hydrogens (tertiary/aromatic N) is 2. The summed E-state index contributed by atoms with van der Waals surface area (Å²) in [6, 6.07) is 17.2. The second-order valence-electron chi connectivity index (χ2n) is 5.03.